The quantitative estimate of drug-likeness (QED) is 0.627. The molecule has 2 atom stereocenters. The number of benzene rings is 1. The lowest BCUT2D eigenvalue weighted by Gasteiger charge is -2.33. The highest BCUT2D eigenvalue weighted by Crippen LogP contribution is 2.14. The lowest BCUT2D eigenvalue weighted by molar-refractivity contribution is -0.133. The van der Waals surface area contributed by atoms with Gasteiger partial charge in [-0.2, -0.15) is 0 Å². The van der Waals surface area contributed by atoms with Crippen LogP contribution in [0.4, 0.5) is 9.59 Å². The molecule has 0 saturated carbocycles. The SMILES string of the molecule is C[C@H](C(O)C(=O)NCc1ccccc1)N(NC(=O)OC(C)(C)C)C(=O)OC(C)(C)C. The third-order valence-corrected chi connectivity index (χ3v) is 3.64. The molecule has 1 unspecified atom stereocenters. The average molecular weight is 424 g/mol. The van der Waals surface area contributed by atoms with E-state index < -0.39 is 41.4 Å². The molecule has 0 fully saturated rings. The molecule has 0 aromatic heterocycles. The molecule has 9 heteroatoms. The third-order valence-electron chi connectivity index (χ3n) is 3.64. The van der Waals surface area contributed by atoms with E-state index in [4.69, 9.17) is 9.47 Å². The Hall–Kier alpha value is -2.81. The van der Waals surface area contributed by atoms with E-state index in [9.17, 15) is 19.5 Å². The molecular formula is C21H33N3O6. The van der Waals surface area contributed by atoms with Gasteiger partial charge in [0.2, 0.25) is 0 Å². The predicted octanol–water partition coefficient (Wildman–Crippen LogP) is 2.73. The zero-order chi connectivity index (χ0) is 23.1. The number of carbonyl (C=O) groups excluding carboxylic acids is 3. The highest BCUT2D eigenvalue weighted by molar-refractivity contribution is 5.82. The zero-order valence-electron chi connectivity index (χ0n) is 18.7. The van der Waals surface area contributed by atoms with Crippen molar-refractivity contribution in [3.63, 3.8) is 0 Å². The van der Waals surface area contributed by atoms with Crippen LogP contribution in [0.5, 0.6) is 0 Å². The smallest absolute Gasteiger partial charge is 0.429 e. The Morgan fingerprint density at radius 1 is 1.00 bits per heavy atom. The van der Waals surface area contributed by atoms with Crippen molar-refractivity contribution in [1.82, 2.24) is 15.8 Å². The van der Waals surface area contributed by atoms with E-state index >= 15 is 0 Å². The monoisotopic (exact) mass is 423 g/mol. The number of ether oxygens (including phenoxy) is 2. The first-order chi connectivity index (χ1) is 13.7. The van der Waals surface area contributed by atoms with Crippen LogP contribution in [0.3, 0.4) is 0 Å². The summed E-state index contributed by atoms with van der Waals surface area (Å²) < 4.78 is 10.4. The van der Waals surface area contributed by atoms with Gasteiger partial charge in [-0.3, -0.25) is 4.79 Å². The van der Waals surface area contributed by atoms with E-state index in [1.54, 1.807) is 41.5 Å². The molecule has 1 rings (SSSR count). The van der Waals surface area contributed by atoms with Gasteiger partial charge in [0, 0.05) is 6.54 Å². The first-order valence-corrected chi connectivity index (χ1v) is 9.71. The summed E-state index contributed by atoms with van der Waals surface area (Å²) in [6.45, 7) is 11.6. The number of amides is 3. The highest BCUT2D eigenvalue weighted by atomic mass is 16.6. The van der Waals surface area contributed by atoms with Crippen LogP contribution < -0.4 is 10.7 Å². The number of nitrogens with one attached hydrogen (secondary N) is 2. The number of hydrogen-bond donors (Lipinski definition) is 3. The molecule has 0 spiro atoms. The molecule has 9 nitrogen and oxygen atoms in total. The van der Waals surface area contributed by atoms with Crippen LogP contribution in [0, 0.1) is 0 Å². The van der Waals surface area contributed by atoms with Crippen molar-refractivity contribution in [3.8, 4) is 0 Å². The minimum Gasteiger partial charge on any atom is -0.443 e. The van der Waals surface area contributed by atoms with Crippen molar-refractivity contribution < 1.29 is 29.0 Å². The van der Waals surface area contributed by atoms with Gasteiger partial charge in [0.1, 0.15) is 11.2 Å². The van der Waals surface area contributed by atoms with Crippen LogP contribution >= 0.6 is 0 Å². The average Bonchev–Trinajstić information content (AvgIpc) is 2.61. The van der Waals surface area contributed by atoms with E-state index in [-0.39, 0.29) is 6.54 Å². The molecule has 0 aliphatic rings. The Labute approximate surface area is 177 Å². The predicted molar refractivity (Wildman–Crippen MR) is 111 cm³/mol. The lowest BCUT2D eigenvalue weighted by Crippen LogP contribution is -2.59. The second kappa shape index (κ2) is 10.3. The Kier molecular flexibility index (Phi) is 8.65. The summed E-state index contributed by atoms with van der Waals surface area (Å²) >= 11 is 0. The number of nitrogens with zero attached hydrogens (tertiary/aromatic N) is 1. The Morgan fingerprint density at radius 2 is 1.53 bits per heavy atom. The summed E-state index contributed by atoms with van der Waals surface area (Å²) in [5.41, 5.74) is 1.45. The second-order valence-corrected chi connectivity index (χ2v) is 8.85. The maximum absolute atomic E-state index is 12.6. The molecule has 3 N–H and O–H groups in total. The first kappa shape index (κ1) is 25.2. The van der Waals surface area contributed by atoms with Crippen LogP contribution in [-0.4, -0.2) is 51.6 Å². The maximum atomic E-state index is 12.6. The molecule has 30 heavy (non-hydrogen) atoms. The fourth-order valence-electron chi connectivity index (χ4n) is 2.27. The fraction of sp³-hybridized carbons (Fsp3) is 0.571. The van der Waals surface area contributed by atoms with Crippen LogP contribution in [0.15, 0.2) is 30.3 Å². The number of hydrogen-bond acceptors (Lipinski definition) is 6. The molecule has 0 radical (unpaired) electrons. The summed E-state index contributed by atoms with van der Waals surface area (Å²) in [6, 6.07) is 8.03. The van der Waals surface area contributed by atoms with Crippen molar-refractivity contribution in [2.75, 3.05) is 0 Å². The molecule has 1 aromatic carbocycles. The molecule has 1 aromatic rings. The summed E-state index contributed by atoms with van der Waals surface area (Å²) in [6.07, 6.45) is -3.48. The summed E-state index contributed by atoms with van der Waals surface area (Å²) in [4.78, 5) is 37.2. The number of aliphatic hydroxyl groups is 1. The van der Waals surface area contributed by atoms with Gasteiger partial charge in [-0.05, 0) is 54.0 Å². The summed E-state index contributed by atoms with van der Waals surface area (Å²) in [5.74, 6) is -0.703. The van der Waals surface area contributed by atoms with Crippen molar-refractivity contribution in [2.45, 2.75) is 78.4 Å². The Balaban J connectivity index is 2.89. The van der Waals surface area contributed by atoms with Gasteiger partial charge in [-0.15, -0.1) is 0 Å². The van der Waals surface area contributed by atoms with Gasteiger partial charge >= 0.3 is 12.2 Å². The van der Waals surface area contributed by atoms with Crippen molar-refractivity contribution >= 4 is 18.1 Å². The number of aliphatic hydroxyl groups excluding tert-OH is 1. The zero-order valence-corrected chi connectivity index (χ0v) is 18.7. The highest BCUT2D eigenvalue weighted by Gasteiger charge is 2.35. The van der Waals surface area contributed by atoms with Crippen molar-refractivity contribution in [2.24, 2.45) is 0 Å². The molecule has 168 valence electrons. The number of rotatable bonds is 5. The van der Waals surface area contributed by atoms with E-state index in [2.05, 4.69) is 10.7 Å². The molecule has 3 amide bonds. The molecule has 0 heterocycles. The Morgan fingerprint density at radius 3 is 2.03 bits per heavy atom. The third kappa shape index (κ3) is 9.13. The van der Waals surface area contributed by atoms with E-state index in [1.807, 2.05) is 30.3 Å². The van der Waals surface area contributed by atoms with Gasteiger partial charge in [-0.1, -0.05) is 30.3 Å². The van der Waals surface area contributed by atoms with Gasteiger partial charge in [-0.25, -0.2) is 20.0 Å². The molecule has 0 bridgehead atoms. The summed E-state index contributed by atoms with van der Waals surface area (Å²) in [5, 5.41) is 13.8. The van der Waals surface area contributed by atoms with Gasteiger partial charge in [0.15, 0.2) is 6.10 Å². The minimum absolute atomic E-state index is 0.204. The Bertz CT molecular complexity index is 724. The van der Waals surface area contributed by atoms with E-state index in [0.717, 1.165) is 10.6 Å². The number of hydrazine groups is 1. The summed E-state index contributed by atoms with van der Waals surface area (Å²) in [7, 11) is 0. The fourth-order valence-corrected chi connectivity index (χ4v) is 2.27. The molecular weight excluding hydrogens is 390 g/mol. The lowest BCUT2D eigenvalue weighted by atomic mass is 10.1. The van der Waals surface area contributed by atoms with E-state index in [0.29, 0.717) is 0 Å². The van der Waals surface area contributed by atoms with Crippen LogP contribution in [-0.2, 0) is 20.8 Å². The maximum Gasteiger partial charge on any atom is 0.429 e. The molecule has 0 aliphatic heterocycles. The van der Waals surface area contributed by atoms with Crippen LogP contribution in [0.1, 0.15) is 54.0 Å². The van der Waals surface area contributed by atoms with Gasteiger partial charge in [0.05, 0.1) is 6.04 Å². The standard InChI is InChI=1S/C21H33N3O6/c1-14(16(25)17(26)22-13-15-11-9-8-10-12-15)24(19(28)30-21(5,6)7)23-18(27)29-20(2,3)4/h8-12,14,16,25H,13H2,1-7H3,(H,22,26)(H,23,27)/t14-,16?/m1/s1. The van der Waals surface area contributed by atoms with Gasteiger partial charge < -0.3 is 19.9 Å². The van der Waals surface area contributed by atoms with Crippen molar-refractivity contribution in [3.05, 3.63) is 35.9 Å². The minimum atomic E-state index is -1.63. The van der Waals surface area contributed by atoms with Gasteiger partial charge in [0.25, 0.3) is 5.91 Å². The molecule has 0 aliphatic carbocycles. The second-order valence-electron chi connectivity index (χ2n) is 8.85. The molecule has 0 saturated heterocycles. The van der Waals surface area contributed by atoms with Crippen LogP contribution in [0.2, 0.25) is 0 Å². The largest absolute Gasteiger partial charge is 0.443 e. The van der Waals surface area contributed by atoms with E-state index in [1.165, 1.54) is 6.92 Å². The van der Waals surface area contributed by atoms with Crippen LogP contribution in [0.25, 0.3) is 0 Å². The topological polar surface area (TPSA) is 117 Å². The van der Waals surface area contributed by atoms with Crippen molar-refractivity contribution in [1.29, 1.82) is 0 Å². The normalized spacial score (nSPS) is 13.6. The number of carbonyl (C=O) groups is 3. The first-order valence-electron chi connectivity index (χ1n) is 9.71.